The number of benzene rings is 2. The number of halogens is 1. The van der Waals surface area contributed by atoms with E-state index in [-0.39, 0.29) is 0 Å². The minimum Gasteiger partial charge on any atom is -0.507 e. The number of phenolic OH excluding ortho intramolecular Hbond substituents is 1. The van der Waals surface area contributed by atoms with Crippen molar-refractivity contribution in [2.75, 3.05) is 0 Å². The van der Waals surface area contributed by atoms with Crippen LogP contribution in [-0.4, -0.2) is 5.11 Å². The van der Waals surface area contributed by atoms with Gasteiger partial charge in [-0.25, -0.2) is 0 Å². The molecule has 1 nitrogen and oxygen atoms in total. The molecule has 0 radical (unpaired) electrons. The number of hydrogen-bond donors (Lipinski definition) is 1. The summed E-state index contributed by atoms with van der Waals surface area (Å²) in [5.74, 6) is 0.291. The average molecular weight is 233 g/mol. The maximum Gasteiger partial charge on any atom is 0.123 e. The Balaban J connectivity index is 2.54. The molecule has 0 amide bonds. The standard InChI is InChI=1S/C14H13ClO/c1-2-10-6-7-14(16)13(8-10)11-4-3-5-12(15)9-11/h3-9,16H,2H2,1H3. The number of hydrogen-bond acceptors (Lipinski definition) is 1. The normalized spacial score (nSPS) is 10.4. The van der Waals surface area contributed by atoms with Crippen molar-refractivity contribution in [1.82, 2.24) is 0 Å². The van der Waals surface area contributed by atoms with E-state index in [1.807, 2.05) is 36.4 Å². The first-order valence-corrected chi connectivity index (χ1v) is 5.66. The minimum absolute atomic E-state index is 0.291. The fourth-order valence-electron chi connectivity index (χ4n) is 1.69. The van der Waals surface area contributed by atoms with Crippen LogP contribution >= 0.6 is 11.6 Å². The van der Waals surface area contributed by atoms with Crippen molar-refractivity contribution in [2.45, 2.75) is 13.3 Å². The Hall–Kier alpha value is -1.47. The van der Waals surface area contributed by atoms with E-state index in [1.165, 1.54) is 5.56 Å². The molecule has 2 aromatic rings. The van der Waals surface area contributed by atoms with Crippen LogP contribution in [0.2, 0.25) is 5.02 Å². The second-order valence-corrected chi connectivity index (χ2v) is 4.15. The molecule has 0 saturated heterocycles. The van der Waals surface area contributed by atoms with E-state index in [0.717, 1.165) is 17.5 Å². The molecule has 0 aliphatic heterocycles. The summed E-state index contributed by atoms with van der Waals surface area (Å²) < 4.78 is 0. The molecule has 2 heteroatoms. The van der Waals surface area contributed by atoms with Crippen LogP contribution in [0.15, 0.2) is 42.5 Å². The molecule has 0 spiro atoms. The Kier molecular flexibility index (Phi) is 3.16. The number of aryl methyl sites for hydroxylation is 1. The van der Waals surface area contributed by atoms with Gasteiger partial charge in [-0.1, -0.05) is 36.7 Å². The van der Waals surface area contributed by atoms with E-state index in [9.17, 15) is 5.11 Å². The van der Waals surface area contributed by atoms with Gasteiger partial charge in [-0.15, -0.1) is 0 Å². The van der Waals surface area contributed by atoms with Crippen molar-refractivity contribution in [3.63, 3.8) is 0 Å². The van der Waals surface area contributed by atoms with Gasteiger partial charge in [0.2, 0.25) is 0 Å². The highest BCUT2D eigenvalue weighted by atomic mass is 35.5. The largest absolute Gasteiger partial charge is 0.507 e. The maximum atomic E-state index is 9.83. The van der Waals surface area contributed by atoms with Gasteiger partial charge in [0, 0.05) is 10.6 Å². The summed E-state index contributed by atoms with van der Waals surface area (Å²) >= 11 is 5.94. The molecule has 0 unspecified atom stereocenters. The van der Waals surface area contributed by atoms with Crippen LogP contribution in [-0.2, 0) is 6.42 Å². The summed E-state index contributed by atoms with van der Waals surface area (Å²) in [6.07, 6.45) is 0.952. The first kappa shape index (κ1) is 11.0. The van der Waals surface area contributed by atoms with Gasteiger partial charge in [-0.2, -0.15) is 0 Å². The van der Waals surface area contributed by atoms with E-state index in [0.29, 0.717) is 10.8 Å². The monoisotopic (exact) mass is 232 g/mol. The van der Waals surface area contributed by atoms with Gasteiger partial charge in [0.05, 0.1) is 0 Å². The Morgan fingerprint density at radius 3 is 2.62 bits per heavy atom. The van der Waals surface area contributed by atoms with E-state index in [4.69, 9.17) is 11.6 Å². The lowest BCUT2D eigenvalue weighted by molar-refractivity contribution is 0.477. The molecule has 0 saturated carbocycles. The Morgan fingerprint density at radius 2 is 1.94 bits per heavy atom. The SMILES string of the molecule is CCc1ccc(O)c(-c2cccc(Cl)c2)c1. The molecule has 0 fully saturated rings. The summed E-state index contributed by atoms with van der Waals surface area (Å²) in [4.78, 5) is 0. The number of rotatable bonds is 2. The van der Waals surface area contributed by atoms with Crippen LogP contribution in [0.5, 0.6) is 5.75 Å². The predicted molar refractivity (Wildman–Crippen MR) is 67.9 cm³/mol. The quantitative estimate of drug-likeness (QED) is 0.820. The molecule has 0 atom stereocenters. The second-order valence-electron chi connectivity index (χ2n) is 3.72. The summed E-state index contributed by atoms with van der Waals surface area (Å²) in [6, 6.07) is 13.2. The molecule has 0 heterocycles. The minimum atomic E-state index is 0.291. The van der Waals surface area contributed by atoms with Crippen LogP contribution in [0.4, 0.5) is 0 Å². The molecular formula is C14H13ClO. The Labute approximate surface area is 100 Å². The molecule has 2 rings (SSSR count). The molecule has 2 aromatic carbocycles. The van der Waals surface area contributed by atoms with Crippen molar-refractivity contribution in [3.8, 4) is 16.9 Å². The third-order valence-electron chi connectivity index (χ3n) is 2.60. The third-order valence-corrected chi connectivity index (χ3v) is 2.84. The Bertz CT molecular complexity index is 506. The molecule has 16 heavy (non-hydrogen) atoms. The van der Waals surface area contributed by atoms with Gasteiger partial charge >= 0.3 is 0 Å². The zero-order valence-corrected chi connectivity index (χ0v) is 9.83. The van der Waals surface area contributed by atoms with Gasteiger partial charge in [0.15, 0.2) is 0 Å². The molecule has 0 aliphatic rings. The van der Waals surface area contributed by atoms with Gasteiger partial charge in [-0.05, 0) is 41.8 Å². The maximum absolute atomic E-state index is 9.83. The smallest absolute Gasteiger partial charge is 0.123 e. The lowest BCUT2D eigenvalue weighted by atomic mass is 10.0. The summed E-state index contributed by atoms with van der Waals surface area (Å²) in [7, 11) is 0. The van der Waals surface area contributed by atoms with Gasteiger partial charge in [-0.3, -0.25) is 0 Å². The molecule has 1 N–H and O–H groups in total. The summed E-state index contributed by atoms with van der Waals surface area (Å²) in [6.45, 7) is 2.09. The summed E-state index contributed by atoms with van der Waals surface area (Å²) in [5, 5.41) is 10.5. The number of aromatic hydroxyl groups is 1. The van der Waals surface area contributed by atoms with Crippen LogP contribution in [0.1, 0.15) is 12.5 Å². The average Bonchev–Trinajstić information content (AvgIpc) is 2.30. The van der Waals surface area contributed by atoms with Crippen LogP contribution in [0, 0.1) is 0 Å². The van der Waals surface area contributed by atoms with Gasteiger partial charge < -0.3 is 5.11 Å². The lowest BCUT2D eigenvalue weighted by Gasteiger charge is -2.07. The van der Waals surface area contributed by atoms with E-state index >= 15 is 0 Å². The van der Waals surface area contributed by atoms with Crippen molar-refractivity contribution in [1.29, 1.82) is 0 Å². The highest BCUT2D eigenvalue weighted by Gasteiger charge is 2.05. The molecule has 0 aromatic heterocycles. The molecule has 0 bridgehead atoms. The molecule has 0 aliphatic carbocycles. The third kappa shape index (κ3) is 2.20. The van der Waals surface area contributed by atoms with Crippen LogP contribution < -0.4 is 0 Å². The van der Waals surface area contributed by atoms with Gasteiger partial charge in [0.1, 0.15) is 5.75 Å². The van der Waals surface area contributed by atoms with Crippen molar-refractivity contribution in [3.05, 3.63) is 53.1 Å². The van der Waals surface area contributed by atoms with Crippen LogP contribution in [0.25, 0.3) is 11.1 Å². The lowest BCUT2D eigenvalue weighted by Crippen LogP contribution is -1.84. The van der Waals surface area contributed by atoms with Crippen LogP contribution in [0.3, 0.4) is 0 Å². The molecular weight excluding hydrogens is 220 g/mol. The second kappa shape index (κ2) is 4.58. The first-order valence-electron chi connectivity index (χ1n) is 5.28. The highest BCUT2D eigenvalue weighted by molar-refractivity contribution is 6.30. The fourth-order valence-corrected chi connectivity index (χ4v) is 1.88. The van der Waals surface area contributed by atoms with Crippen molar-refractivity contribution in [2.24, 2.45) is 0 Å². The predicted octanol–water partition coefficient (Wildman–Crippen LogP) is 4.28. The van der Waals surface area contributed by atoms with E-state index in [2.05, 4.69) is 6.92 Å². The Morgan fingerprint density at radius 1 is 1.12 bits per heavy atom. The zero-order chi connectivity index (χ0) is 11.5. The molecule has 82 valence electrons. The first-order chi connectivity index (χ1) is 7.70. The van der Waals surface area contributed by atoms with E-state index in [1.54, 1.807) is 6.07 Å². The van der Waals surface area contributed by atoms with Crippen molar-refractivity contribution >= 4 is 11.6 Å². The van der Waals surface area contributed by atoms with Gasteiger partial charge in [0.25, 0.3) is 0 Å². The zero-order valence-electron chi connectivity index (χ0n) is 9.07. The number of phenols is 1. The fraction of sp³-hybridized carbons (Fsp3) is 0.143. The van der Waals surface area contributed by atoms with Crippen molar-refractivity contribution < 1.29 is 5.11 Å². The summed E-state index contributed by atoms with van der Waals surface area (Å²) in [5.41, 5.74) is 2.98. The van der Waals surface area contributed by atoms with E-state index < -0.39 is 0 Å². The topological polar surface area (TPSA) is 20.2 Å². The highest BCUT2D eigenvalue weighted by Crippen LogP contribution is 2.31.